The minimum absolute atomic E-state index is 0.585. The van der Waals surface area contributed by atoms with Gasteiger partial charge in [-0.15, -0.1) is 0 Å². The number of aryl methyl sites for hydroxylation is 1. The predicted molar refractivity (Wildman–Crippen MR) is 59.5 cm³/mol. The van der Waals surface area contributed by atoms with Crippen molar-refractivity contribution in [2.45, 2.75) is 36.9 Å². The Morgan fingerprint density at radius 2 is 2.29 bits per heavy atom. The summed E-state index contributed by atoms with van der Waals surface area (Å²) in [6.45, 7) is 2.32. The normalized spacial score (nSPS) is 33.2. The standard InChI is InChI=1S/C10H16BrN3/c1-7-3-4-8(11)5-9(7)10-6-12-14(2)13-10/h6-9H,3-5H2,1-2H3. The summed E-state index contributed by atoms with van der Waals surface area (Å²) in [5.74, 6) is 1.32. The maximum atomic E-state index is 4.40. The number of rotatable bonds is 1. The third-order valence-electron chi connectivity index (χ3n) is 3.13. The zero-order valence-corrected chi connectivity index (χ0v) is 10.2. The van der Waals surface area contributed by atoms with Gasteiger partial charge in [0.1, 0.15) is 0 Å². The van der Waals surface area contributed by atoms with Gasteiger partial charge in [0, 0.05) is 17.8 Å². The molecule has 78 valence electrons. The lowest BCUT2D eigenvalue weighted by Crippen LogP contribution is -2.21. The Hall–Kier alpha value is -0.380. The zero-order chi connectivity index (χ0) is 10.1. The monoisotopic (exact) mass is 257 g/mol. The van der Waals surface area contributed by atoms with Crippen LogP contribution in [-0.2, 0) is 7.05 Å². The molecule has 0 saturated heterocycles. The average molecular weight is 258 g/mol. The van der Waals surface area contributed by atoms with Crippen molar-refractivity contribution >= 4 is 15.9 Å². The largest absolute Gasteiger partial charge is 0.188 e. The number of hydrogen-bond donors (Lipinski definition) is 0. The summed E-state index contributed by atoms with van der Waals surface area (Å²) < 4.78 is 0. The molecule has 4 heteroatoms. The van der Waals surface area contributed by atoms with Crippen molar-refractivity contribution < 1.29 is 0 Å². The summed E-state index contributed by atoms with van der Waals surface area (Å²) >= 11 is 3.71. The van der Waals surface area contributed by atoms with Crippen LogP contribution in [0.2, 0.25) is 0 Å². The van der Waals surface area contributed by atoms with Crippen molar-refractivity contribution in [2.75, 3.05) is 0 Å². The first-order valence-corrected chi connectivity index (χ1v) is 6.08. The molecule has 0 bridgehead atoms. The molecule has 0 aliphatic heterocycles. The van der Waals surface area contributed by atoms with Crippen molar-refractivity contribution in [2.24, 2.45) is 13.0 Å². The van der Waals surface area contributed by atoms with Gasteiger partial charge in [-0.1, -0.05) is 22.9 Å². The summed E-state index contributed by atoms with van der Waals surface area (Å²) in [7, 11) is 1.88. The van der Waals surface area contributed by atoms with Crippen molar-refractivity contribution in [3.8, 4) is 0 Å². The van der Waals surface area contributed by atoms with Crippen molar-refractivity contribution in [3.63, 3.8) is 0 Å². The molecule has 1 aliphatic rings. The van der Waals surface area contributed by atoms with E-state index < -0.39 is 0 Å². The van der Waals surface area contributed by atoms with Crippen LogP contribution < -0.4 is 0 Å². The molecule has 1 saturated carbocycles. The number of nitrogens with zero attached hydrogens (tertiary/aromatic N) is 3. The Morgan fingerprint density at radius 1 is 1.50 bits per heavy atom. The van der Waals surface area contributed by atoms with Crippen LogP contribution in [0.3, 0.4) is 0 Å². The molecule has 0 spiro atoms. The van der Waals surface area contributed by atoms with Crippen LogP contribution in [0.4, 0.5) is 0 Å². The highest BCUT2D eigenvalue weighted by atomic mass is 79.9. The van der Waals surface area contributed by atoms with Gasteiger partial charge in [0.2, 0.25) is 0 Å². The zero-order valence-electron chi connectivity index (χ0n) is 8.65. The van der Waals surface area contributed by atoms with Gasteiger partial charge in [-0.3, -0.25) is 0 Å². The molecule has 0 N–H and O–H groups in total. The van der Waals surface area contributed by atoms with E-state index in [0.29, 0.717) is 10.7 Å². The molecular formula is C10H16BrN3. The number of aromatic nitrogens is 3. The first-order chi connectivity index (χ1) is 6.66. The van der Waals surface area contributed by atoms with Gasteiger partial charge >= 0.3 is 0 Å². The highest BCUT2D eigenvalue weighted by Crippen LogP contribution is 2.39. The van der Waals surface area contributed by atoms with E-state index in [0.717, 1.165) is 11.6 Å². The second kappa shape index (κ2) is 4.01. The molecule has 3 unspecified atom stereocenters. The highest BCUT2D eigenvalue weighted by Gasteiger charge is 2.29. The Morgan fingerprint density at radius 3 is 2.93 bits per heavy atom. The van der Waals surface area contributed by atoms with E-state index in [1.807, 2.05) is 13.2 Å². The van der Waals surface area contributed by atoms with E-state index in [-0.39, 0.29) is 0 Å². The van der Waals surface area contributed by atoms with Gasteiger partial charge in [0.15, 0.2) is 0 Å². The van der Waals surface area contributed by atoms with Crippen LogP contribution in [0.25, 0.3) is 0 Å². The maximum Gasteiger partial charge on any atom is 0.0861 e. The Kier molecular flexibility index (Phi) is 2.91. The van der Waals surface area contributed by atoms with Gasteiger partial charge in [0.25, 0.3) is 0 Å². The summed E-state index contributed by atoms with van der Waals surface area (Å²) in [6.07, 6.45) is 5.68. The minimum atomic E-state index is 0.585. The van der Waals surface area contributed by atoms with Crippen LogP contribution in [-0.4, -0.2) is 19.8 Å². The topological polar surface area (TPSA) is 30.7 Å². The molecule has 0 amide bonds. The molecule has 1 fully saturated rings. The second-order valence-electron chi connectivity index (χ2n) is 4.25. The summed E-state index contributed by atoms with van der Waals surface area (Å²) in [6, 6.07) is 0. The Labute approximate surface area is 93.0 Å². The average Bonchev–Trinajstić information content (AvgIpc) is 2.56. The van der Waals surface area contributed by atoms with E-state index in [1.165, 1.54) is 19.3 Å². The minimum Gasteiger partial charge on any atom is -0.188 e. The number of hydrogen-bond acceptors (Lipinski definition) is 2. The van der Waals surface area contributed by atoms with Crippen LogP contribution >= 0.6 is 15.9 Å². The van der Waals surface area contributed by atoms with Crippen LogP contribution in [0, 0.1) is 5.92 Å². The quantitative estimate of drug-likeness (QED) is 0.724. The third-order valence-corrected chi connectivity index (χ3v) is 3.96. The summed E-state index contributed by atoms with van der Waals surface area (Å²) in [4.78, 5) is 2.31. The molecule has 0 aromatic carbocycles. The number of alkyl halides is 1. The first kappa shape index (κ1) is 10.1. The van der Waals surface area contributed by atoms with Crippen LogP contribution in [0.15, 0.2) is 6.20 Å². The molecule has 1 aromatic heterocycles. The van der Waals surface area contributed by atoms with Gasteiger partial charge in [-0.2, -0.15) is 15.0 Å². The van der Waals surface area contributed by atoms with Crippen molar-refractivity contribution in [1.82, 2.24) is 15.0 Å². The molecular weight excluding hydrogens is 242 g/mol. The maximum absolute atomic E-state index is 4.40. The molecule has 3 nitrogen and oxygen atoms in total. The van der Waals surface area contributed by atoms with E-state index in [9.17, 15) is 0 Å². The van der Waals surface area contributed by atoms with Gasteiger partial charge < -0.3 is 0 Å². The van der Waals surface area contributed by atoms with E-state index >= 15 is 0 Å². The molecule has 14 heavy (non-hydrogen) atoms. The fourth-order valence-electron chi connectivity index (χ4n) is 2.21. The summed E-state index contributed by atoms with van der Waals surface area (Å²) in [5, 5.41) is 8.55. The SMILES string of the molecule is CC1CCC(Br)CC1c1cnn(C)n1. The van der Waals surface area contributed by atoms with Crippen LogP contribution in [0.5, 0.6) is 0 Å². The lowest BCUT2D eigenvalue weighted by molar-refractivity contribution is 0.333. The third kappa shape index (κ3) is 2.00. The molecule has 0 radical (unpaired) electrons. The van der Waals surface area contributed by atoms with E-state index in [2.05, 4.69) is 33.1 Å². The van der Waals surface area contributed by atoms with Crippen molar-refractivity contribution in [3.05, 3.63) is 11.9 Å². The van der Waals surface area contributed by atoms with E-state index in [1.54, 1.807) is 4.80 Å². The molecule has 1 aromatic rings. The fraction of sp³-hybridized carbons (Fsp3) is 0.800. The summed E-state index contributed by atoms with van der Waals surface area (Å²) in [5.41, 5.74) is 1.16. The Balaban J connectivity index is 2.15. The van der Waals surface area contributed by atoms with Gasteiger partial charge in [-0.25, -0.2) is 0 Å². The fourth-order valence-corrected chi connectivity index (χ4v) is 2.88. The van der Waals surface area contributed by atoms with Gasteiger partial charge in [-0.05, 0) is 25.2 Å². The second-order valence-corrected chi connectivity index (χ2v) is 5.55. The Bertz CT molecular complexity index is 310. The van der Waals surface area contributed by atoms with Crippen molar-refractivity contribution in [1.29, 1.82) is 0 Å². The number of halogens is 1. The molecule has 1 aliphatic carbocycles. The van der Waals surface area contributed by atoms with Crippen LogP contribution in [0.1, 0.15) is 37.8 Å². The smallest absolute Gasteiger partial charge is 0.0861 e. The highest BCUT2D eigenvalue weighted by molar-refractivity contribution is 9.09. The lowest BCUT2D eigenvalue weighted by atomic mass is 9.79. The molecule has 3 atom stereocenters. The molecule has 2 rings (SSSR count). The van der Waals surface area contributed by atoms with Gasteiger partial charge in [0.05, 0.1) is 11.9 Å². The first-order valence-electron chi connectivity index (χ1n) is 5.17. The lowest BCUT2D eigenvalue weighted by Gasteiger charge is -2.30. The van der Waals surface area contributed by atoms with E-state index in [4.69, 9.17) is 0 Å². The molecule has 1 heterocycles. The predicted octanol–water partition coefficient (Wildman–Crippen LogP) is 2.48.